The van der Waals surface area contributed by atoms with E-state index in [1.54, 1.807) is 0 Å². The fourth-order valence-electron chi connectivity index (χ4n) is 1.55. The van der Waals surface area contributed by atoms with E-state index in [1.165, 1.54) is 12.7 Å². The largest absolute Gasteiger partial charge is 0.378 e. The molecule has 0 aliphatic carbocycles. The molecule has 0 bridgehead atoms. The molecule has 0 aliphatic heterocycles. The van der Waals surface area contributed by atoms with E-state index in [0.29, 0.717) is 6.42 Å². The van der Waals surface area contributed by atoms with Gasteiger partial charge in [-0.1, -0.05) is 36.3 Å². The Balaban J connectivity index is 2.46. The van der Waals surface area contributed by atoms with Gasteiger partial charge in [0, 0.05) is 7.11 Å². The average Bonchev–Trinajstić information content (AvgIpc) is 2.39. The lowest BCUT2D eigenvalue weighted by Gasteiger charge is -2.19. The highest BCUT2D eigenvalue weighted by Gasteiger charge is 2.17. The minimum absolute atomic E-state index is 0.137. The minimum atomic E-state index is -0.895. The average molecular weight is 234 g/mol. The van der Waals surface area contributed by atoms with Crippen molar-refractivity contribution >= 4 is 0 Å². The molecule has 1 aromatic rings. The van der Waals surface area contributed by atoms with Crippen molar-refractivity contribution in [3.05, 3.63) is 35.9 Å². The minimum Gasteiger partial charge on any atom is -0.378 e. The molecule has 0 spiro atoms. The fourth-order valence-corrected chi connectivity index (χ4v) is 1.55. The number of aryl methyl sites for hydroxylation is 1. The van der Waals surface area contributed by atoms with E-state index in [4.69, 9.17) is 15.9 Å². The molecule has 0 aliphatic rings. The summed E-state index contributed by atoms with van der Waals surface area (Å²) in [5.74, 6) is 2.29. The van der Waals surface area contributed by atoms with Crippen LogP contribution in [-0.2, 0) is 15.9 Å². The lowest BCUT2D eigenvalue weighted by molar-refractivity contribution is -0.102. The van der Waals surface area contributed by atoms with Crippen LogP contribution in [0.1, 0.15) is 12.0 Å². The second-order valence-electron chi connectivity index (χ2n) is 3.75. The summed E-state index contributed by atoms with van der Waals surface area (Å²) in [6, 6.07) is 10.0. The molecule has 92 valence electrons. The summed E-state index contributed by atoms with van der Waals surface area (Å²) in [7, 11) is 1.54. The molecule has 1 aromatic carbocycles. The third-order valence-corrected chi connectivity index (χ3v) is 2.48. The van der Waals surface area contributed by atoms with E-state index in [2.05, 4.69) is 5.92 Å². The summed E-state index contributed by atoms with van der Waals surface area (Å²) in [5, 5.41) is 9.61. The van der Waals surface area contributed by atoms with Crippen molar-refractivity contribution in [2.24, 2.45) is 0 Å². The number of terminal acetylenes is 1. The van der Waals surface area contributed by atoms with Gasteiger partial charge in [-0.25, -0.2) is 0 Å². The van der Waals surface area contributed by atoms with Gasteiger partial charge in [0.05, 0.1) is 6.10 Å². The van der Waals surface area contributed by atoms with Gasteiger partial charge >= 0.3 is 0 Å². The Morgan fingerprint density at radius 2 is 2.06 bits per heavy atom. The Morgan fingerprint density at radius 1 is 1.35 bits per heavy atom. The first-order valence-corrected chi connectivity index (χ1v) is 5.56. The van der Waals surface area contributed by atoms with Gasteiger partial charge in [-0.2, -0.15) is 0 Å². The van der Waals surface area contributed by atoms with Gasteiger partial charge in [0.1, 0.15) is 12.9 Å². The highest BCUT2D eigenvalue weighted by atomic mass is 16.7. The van der Waals surface area contributed by atoms with Gasteiger partial charge in [0.25, 0.3) is 0 Å². The van der Waals surface area contributed by atoms with Crippen LogP contribution in [-0.4, -0.2) is 31.2 Å². The first-order valence-electron chi connectivity index (χ1n) is 5.56. The normalized spacial score (nSPS) is 13.9. The Hall–Kier alpha value is -1.34. The number of rotatable bonds is 7. The molecule has 3 heteroatoms. The first-order chi connectivity index (χ1) is 8.27. The smallest absolute Gasteiger partial charge is 0.146 e. The molecule has 0 saturated heterocycles. The Labute approximate surface area is 102 Å². The topological polar surface area (TPSA) is 38.7 Å². The molecule has 0 saturated carbocycles. The second-order valence-corrected chi connectivity index (χ2v) is 3.75. The van der Waals surface area contributed by atoms with Crippen LogP contribution in [0.4, 0.5) is 0 Å². The van der Waals surface area contributed by atoms with Crippen molar-refractivity contribution < 1.29 is 14.6 Å². The predicted molar refractivity (Wildman–Crippen MR) is 66.4 cm³/mol. The molecule has 2 atom stereocenters. The van der Waals surface area contributed by atoms with Gasteiger partial charge in [-0.3, -0.25) is 0 Å². The Kier molecular flexibility index (Phi) is 6.34. The maximum absolute atomic E-state index is 9.61. The molecule has 0 heterocycles. The van der Waals surface area contributed by atoms with E-state index in [0.717, 1.165) is 6.42 Å². The van der Waals surface area contributed by atoms with Gasteiger partial charge in [0.15, 0.2) is 0 Å². The van der Waals surface area contributed by atoms with Crippen molar-refractivity contribution in [2.75, 3.05) is 13.9 Å². The number of methoxy groups -OCH3 is 1. The van der Waals surface area contributed by atoms with Crippen LogP contribution >= 0.6 is 0 Å². The van der Waals surface area contributed by atoms with Crippen LogP contribution in [0.2, 0.25) is 0 Å². The van der Waals surface area contributed by atoms with E-state index in [-0.39, 0.29) is 12.9 Å². The molecular formula is C14H18O3. The molecular weight excluding hydrogens is 216 g/mol. The van der Waals surface area contributed by atoms with Gasteiger partial charge in [-0.05, 0) is 18.4 Å². The summed E-state index contributed by atoms with van der Waals surface area (Å²) in [5.41, 5.74) is 1.20. The second kappa shape index (κ2) is 7.86. The predicted octanol–water partition coefficient (Wildman–Crippen LogP) is 1.60. The van der Waals surface area contributed by atoms with Crippen molar-refractivity contribution in [1.29, 1.82) is 0 Å². The lowest BCUT2D eigenvalue weighted by Crippen LogP contribution is -2.29. The monoisotopic (exact) mass is 234 g/mol. The van der Waals surface area contributed by atoms with E-state index >= 15 is 0 Å². The quantitative estimate of drug-likeness (QED) is 0.575. The molecule has 0 fully saturated rings. The zero-order valence-corrected chi connectivity index (χ0v) is 10.0. The summed E-state index contributed by atoms with van der Waals surface area (Å²) >= 11 is 0. The summed E-state index contributed by atoms with van der Waals surface area (Å²) in [6.07, 6.45) is 5.39. The van der Waals surface area contributed by atoms with Gasteiger partial charge in [0.2, 0.25) is 0 Å². The zero-order chi connectivity index (χ0) is 12.5. The fraction of sp³-hybridized carbons (Fsp3) is 0.429. The number of ether oxygens (including phenoxy) is 2. The summed E-state index contributed by atoms with van der Waals surface area (Å²) in [4.78, 5) is 0. The first kappa shape index (κ1) is 13.7. The number of hydrogen-bond acceptors (Lipinski definition) is 3. The van der Waals surface area contributed by atoms with Gasteiger partial charge in [-0.15, -0.1) is 6.42 Å². The Bertz CT molecular complexity index is 342. The standard InChI is InChI=1S/C14H18O3/c1-3-13(15)14(17-11-16-2)10-9-12-7-5-4-6-8-12/h1,4-8,13-15H,9-11H2,2H3/t13-,14-/m0/s1. The number of hydrogen-bond donors (Lipinski definition) is 1. The molecule has 1 rings (SSSR count). The van der Waals surface area contributed by atoms with Crippen molar-refractivity contribution in [2.45, 2.75) is 25.0 Å². The zero-order valence-electron chi connectivity index (χ0n) is 10.0. The lowest BCUT2D eigenvalue weighted by atomic mass is 10.0. The van der Waals surface area contributed by atoms with E-state index in [9.17, 15) is 5.11 Å². The molecule has 3 nitrogen and oxygen atoms in total. The third kappa shape index (κ3) is 5.01. The molecule has 0 radical (unpaired) electrons. The highest BCUT2D eigenvalue weighted by molar-refractivity contribution is 5.15. The van der Waals surface area contributed by atoms with Crippen molar-refractivity contribution in [3.8, 4) is 12.3 Å². The summed E-state index contributed by atoms with van der Waals surface area (Å²) in [6.45, 7) is 0.137. The number of aliphatic hydroxyl groups is 1. The van der Waals surface area contributed by atoms with Crippen molar-refractivity contribution in [3.63, 3.8) is 0 Å². The molecule has 0 aromatic heterocycles. The van der Waals surface area contributed by atoms with Crippen molar-refractivity contribution in [1.82, 2.24) is 0 Å². The van der Waals surface area contributed by atoms with E-state index < -0.39 is 6.10 Å². The van der Waals surface area contributed by atoms with Crippen LogP contribution in [0, 0.1) is 12.3 Å². The maximum Gasteiger partial charge on any atom is 0.146 e. The molecule has 17 heavy (non-hydrogen) atoms. The number of aliphatic hydroxyl groups excluding tert-OH is 1. The van der Waals surface area contributed by atoms with Crippen LogP contribution < -0.4 is 0 Å². The molecule has 1 N–H and O–H groups in total. The third-order valence-electron chi connectivity index (χ3n) is 2.48. The highest BCUT2D eigenvalue weighted by Crippen LogP contribution is 2.10. The van der Waals surface area contributed by atoms with Gasteiger partial charge < -0.3 is 14.6 Å². The molecule has 0 unspecified atom stereocenters. The molecule has 0 amide bonds. The van der Waals surface area contributed by atoms with Crippen LogP contribution in [0.3, 0.4) is 0 Å². The van der Waals surface area contributed by atoms with Crippen LogP contribution in [0.15, 0.2) is 30.3 Å². The summed E-state index contributed by atoms with van der Waals surface area (Å²) < 4.78 is 10.2. The number of benzene rings is 1. The maximum atomic E-state index is 9.61. The van der Waals surface area contributed by atoms with E-state index in [1.807, 2.05) is 30.3 Å². The van der Waals surface area contributed by atoms with Crippen LogP contribution in [0.5, 0.6) is 0 Å². The van der Waals surface area contributed by atoms with Crippen LogP contribution in [0.25, 0.3) is 0 Å². The Morgan fingerprint density at radius 3 is 2.65 bits per heavy atom. The SMILES string of the molecule is C#C[C@H](O)[C@H](CCc1ccccc1)OCOC.